The lowest BCUT2D eigenvalue weighted by Crippen LogP contribution is -2.30. The highest BCUT2D eigenvalue weighted by molar-refractivity contribution is 7.89. The van der Waals surface area contributed by atoms with Gasteiger partial charge in [0.15, 0.2) is 0 Å². The van der Waals surface area contributed by atoms with Crippen LogP contribution < -0.4 is 4.72 Å². The summed E-state index contributed by atoms with van der Waals surface area (Å²) in [5.74, 6) is 1.01. The highest BCUT2D eigenvalue weighted by Crippen LogP contribution is 2.29. The van der Waals surface area contributed by atoms with E-state index in [1.807, 2.05) is 20.8 Å². The van der Waals surface area contributed by atoms with Crippen molar-refractivity contribution in [3.8, 4) is 0 Å². The molecule has 1 aliphatic heterocycles. The molecule has 0 aliphatic carbocycles. The first-order valence-electron chi connectivity index (χ1n) is 8.89. The Morgan fingerprint density at radius 2 is 2.00 bits per heavy atom. The van der Waals surface area contributed by atoms with Crippen LogP contribution in [0.3, 0.4) is 0 Å². The second-order valence-corrected chi connectivity index (χ2v) is 8.82. The van der Waals surface area contributed by atoms with Crippen molar-refractivity contribution in [2.24, 2.45) is 5.92 Å². The smallest absolute Gasteiger partial charge is 0.244 e. The van der Waals surface area contributed by atoms with Gasteiger partial charge in [0.25, 0.3) is 0 Å². The molecule has 0 saturated carbocycles. The molecule has 1 fully saturated rings. The summed E-state index contributed by atoms with van der Waals surface area (Å²) >= 11 is 0. The monoisotopic (exact) mass is 379 g/mol. The van der Waals surface area contributed by atoms with Crippen LogP contribution in [0, 0.1) is 12.8 Å². The third-order valence-electron chi connectivity index (χ3n) is 4.31. The number of hydrogen-bond donors (Lipinski definition) is 1. The SMILES string of the molecule is Cc1ccc(S(=O)(=O)NC(CC(C)C)c2nc(C3CCCO3)no2)cc1. The highest BCUT2D eigenvalue weighted by atomic mass is 32.2. The average molecular weight is 379 g/mol. The lowest BCUT2D eigenvalue weighted by molar-refractivity contribution is 0.103. The van der Waals surface area contributed by atoms with Crippen molar-refractivity contribution >= 4 is 10.0 Å². The molecule has 0 bridgehead atoms. The van der Waals surface area contributed by atoms with Crippen molar-refractivity contribution in [2.75, 3.05) is 6.61 Å². The summed E-state index contributed by atoms with van der Waals surface area (Å²) in [6, 6.07) is 6.15. The Bertz CT molecular complexity index is 824. The van der Waals surface area contributed by atoms with Gasteiger partial charge in [-0.05, 0) is 44.2 Å². The molecule has 0 radical (unpaired) electrons. The van der Waals surface area contributed by atoms with Crippen LogP contribution >= 0.6 is 0 Å². The van der Waals surface area contributed by atoms with E-state index < -0.39 is 16.1 Å². The molecule has 7 nitrogen and oxygen atoms in total. The molecule has 1 N–H and O–H groups in total. The largest absolute Gasteiger partial charge is 0.370 e. The fourth-order valence-electron chi connectivity index (χ4n) is 2.94. The number of rotatable bonds is 7. The second kappa shape index (κ2) is 7.85. The van der Waals surface area contributed by atoms with Crippen molar-refractivity contribution in [1.82, 2.24) is 14.9 Å². The van der Waals surface area contributed by atoms with Gasteiger partial charge in [-0.3, -0.25) is 0 Å². The van der Waals surface area contributed by atoms with Crippen molar-refractivity contribution < 1.29 is 17.7 Å². The molecular weight excluding hydrogens is 354 g/mol. The van der Waals surface area contributed by atoms with Crippen molar-refractivity contribution in [3.63, 3.8) is 0 Å². The molecule has 26 heavy (non-hydrogen) atoms. The van der Waals surface area contributed by atoms with E-state index in [1.165, 1.54) is 0 Å². The molecule has 3 rings (SSSR count). The van der Waals surface area contributed by atoms with E-state index in [2.05, 4.69) is 14.9 Å². The molecular formula is C18H25N3O4S. The van der Waals surface area contributed by atoms with Gasteiger partial charge in [0.1, 0.15) is 12.1 Å². The summed E-state index contributed by atoms with van der Waals surface area (Å²) in [7, 11) is -3.69. The number of nitrogens with zero attached hydrogens (tertiary/aromatic N) is 2. The Morgan fingerprint density at radius 1 is 1.27 bits per heavy atom. The predicted molar refractivity (Wildman–Crippen MR) is 95.9 cm³/mol. The minimum absolute atomic E-state index is 0.166. The quantitative estimate of drug-likeness (QED) is 0.793. The normalized spacial score (nSPS) is 19.2. The molecule has 2 heterocycles. The minimum Gasteiger partial charge on any atom is -0.370 e. The van der Waals surface area contributed by atoms with Crippen molar-refractivity contribution in [2.45, 2.75) is 57.1 Å². The molecule has 1 saturated heterocycles. The van der Waals surface area contributed by atoms with E-state index in [0.29, 0.717) is 18.9 Å². The van der Waals surface area contributed by atoms with Gasteiger partial charge >= 0.3 is 0 Å². The topological polar surface area (TPSA) is 94.3 Å². The second-order valence-electron chi connectivity index (χ2n) is 7.11. The van der Waals surface area contributed by atoms with Crippen LogP contribution in [-0.4, -0.2) is 25.2 Å². The standard InChI is InChI=1S/C18H25N3O4S/c1-12(2)11-15(18-19-17(20-25-18)16-5-4-10-24-16)21-26(22,23)14-8-6-13(3)7-9-14/h6-9,12,15-16,21H,4-5,10-11H2,1-3H3. The van der Waals surface area contributed by atoms with Crippen molar-refractivity contribution in [3.05, 3.63) is 41.5 Å². The Morgan fingerprint density at radius 3 is 2.62 bits per heavy atom. The van der Waals surface area contributed by atoms with Crippen LogP contribution in [0.2, 0.25) is 0 Å². The van der Waals surface area contributed by atoms with E-state index in [0.717, 1.165) is 18.4 Å². The zero-order valence-electron chi connectivity index (χ0n) is 15.3. The molecule has 2 atom stereocenters. The predicted octanol–water partition coefficient (Wildman–Crippen LogP) is 3.30. The number of aromatic nitrogens is 2. The van der Waals surface area contributed by atoms with Gasteiger partial charge < -0.3 is 9.26 Å². The first-order chi connectivity index (χ1) is 12.3. The molecule has 0 spiro atoms. The lowest BCUT2D eigenvalue weighted by Gasteiger charge is -2.17. The minimum atomic E-state index is -3.69. The van der Waals surface area contributed by atoms with Crippen LogP contribution in [0.4, 0.5) is 0 Å². The van der Waals surface area contributed by atoms with Gasteiger partial charge in [0.2, 0.25) is 21.7 Å². The molecule has 1 aromatic heterocycles. The van der Waals surface area contributed by atoms with Crippen molar-refractivity contribution in [1.29, 1.82) is 0 Å². The Balaban J connectivity index is 1.82. The number of aryl methyl sites for hydroxylation is 1. The summed E-state index contributed by atoms with van der Waals surface area (Å²) in [6.45, 7) is 6.63. The van der Waals surface area contributed by atoms with Gasteiger partial charge in [-0.1, -0.05) is 36.7 Å². The average Bonchev–Trinajstić information content (AvgIpc) is 3.25. The summed E-state index contributed by atoms with van der Waals surface area (Å²) in [5.41, 5.74) is 1.00. The van der Waals surface area contributed by atoms with Gasteiger partial charge in [-0.2, -0.15) is 9.71 Å². The number of nitrogens with one attached hydrogen (secondary N) is 1. The van der Waals surface area contributed by atoms with Gasteiger partial charge in [-0.15, -0.1) is 0 Å². The van der Waals surface area contributed by atoms with Crippen LogP contribution in [-0.2, 0) is 14.8 Å². The Labute approximate surface area is 154 Å². The third kappa shape index (κ3) is 4.49. The Kier molecular flexibility index (Phi) is 5.74. The van der Waals surface area contributed by atoms with Crippen LogP contribution in [0.25, 0.3) is 0 Å². The maximum atomic E-state index is 12.7. The van der Waals surface area contributed by atoms with E-state index in [9.17, 15) is 8.42 Å². The van der Waals surface area contributed by atoms with Crippen LogP contribution in [0.1, 0.15) is 62.5 Å². The third-order valence-corrected chi connectivity index (χ3v) is 5.80. The molecule has 142 valence electrons. The summed E-state index contributed by atoms with van der Waals surface area (Å²) in [6.07, 6.45) is 2.20. The first-order valence-corrected chi connectivity index (χ1v) is 10.4. The molecule has 2 unspecified atom stereocenters. The number of sulfonamides is 1. The van der Waals surface area contributed by atoms with Gasteiger partial charge in [0.05, 0.1) is 4.90 Å². The molecule has 1 aromatic carbocycles. The maximum Gasteiger partial charge on any atom is 0.244 e. The molecule has 8 heteroatoms. The molecule has 2 aromatic rings. The summed E-state index contributed by atoms with van der Waals surface area (Å²) < 4.78 is 39.2. The fraction of sp³-hybridized carbons (Fsp3) is 0.556. The summed E-state index contributed by atoms with van der Waals surface area (Å²) in [5, 5.41) is 3.99. The van der Waals surface area contributed by atoms with E-state index in [4.69, 9.17) is 9.26 Å². The van der Waals surface area contributed by atoms with E-state index in [-0.39, 0.29) is 22.8 Å². The molecule has 0 amide bonds. The van der Waals surface area contributed by atoms with Gasteiger partial charge in [0, 0.05) is 6.61 Å². The fourth-order valence-corrected chi connectivity index (χ4v) is 4.15. The van der Waals surface area contributed by atoms with E-state index >= 15 is 0 Å². The Hall–Kier alpha value is -1.77. The van der Waals surface area contributed by atoms with E-state index in [1.54, 1.807) is 24.3 Å². The summed E-state index contributed by atoms with van der Waals surface area (Å²) in [4.78, 5) is 4.63. The van der Waals surface area contributed by atoms with Crippen LogP contribution in [0.15, 0.2) is 33.7 Å². The number of ether oxygens (including phenoxy) is 1. The number of benzene rings is 1. The lowest BCUT2D eigenvalue weighted by atomic mass is 10.0. The first kappa shape index (κ1) is 19.0. The van der Waals surface area contributed by atoms with Crippen LogP contribution in [0.5, 0.6) is 0 Å². The van der Waals surface area contributed by atoms with Gasteiger partial charge in [-0.25, -0.2) is 8.42 Å². The zero-order valence-corrected chi connectivity index (χ0v) is 16.1. The number of hydrogen-bond acceptors (Lipinski definition) is 6. The maximum absolute atomic E-state index is 12.7. The zero-order chi connectivity index (χ0) is 18.7. The molecule has 1 aliphatic rings. The highest BCUT2D eigenvalue weighted by Gasteiger charge is 2.29.